The van der Waals surface area contributed by atoms with Gasteiger partial charge in [-0.05, 0) is 36.4 Å². The second kappa shape index (κ2) is 10.7. The summed E-state index contributed by atoms with van der Waals surface area (Å²) in [6.07, 6.45) is 5.03. The van der Waals surface area contributed by atoms with Crippen molar-refractivity contribution >= 4 is 17.5 Å². The molecule has 2 aromatic heterocycles. The quantitative estimate of drug-likeness (QED) is 0.570. The highest BCUT2D eigenvalue weighted by Gasteiger charge is 2.17. The van der Waals surface area contributed by atoms with Crippen molar-refractivity contribution in [2.24, 2.45) is 0 Å². The molecule has 0 aliphatic carbocycles. The fourth-order valence-electron chi connectivity index (χ4n) is 3.51. The van der Waals surface area contributed by atoms with Gasteiger partial charge in [0.15, 0.2) is 0 Å². The van der Waals surface area contributed by atoms with Crippen molar-refractivity contribution in [3.05, 3.63) is 60.0 Å². The van der Waals surface area contributed by atoms with E-state index in [4.69, 9.17) is 9.47 Å². The predicted octanol–water partition coefficient (Wildman–Crippen LogP) is 3.69. The summed E-state index contributed by atoms with van der Waals surface area (Å²) >= 11 is 0. The standard InChI is InChI=1S/C25H26N6O3/c1-17(32)31(2)16-21-5-4-20(15-28-21)29-25-27-10-7-23(30-25)18-3-6-24(19(13-18)14-26)34-22-8-11-33-12-9-22/h3-7,10,13,15,22H,8-9,11-12,16H2,1-2H3,(H,27,29,30). The third kappa shape index (κ3) is 5.85. The summed E-state index contributed by atoms with van der Waals surface area (Å²) in [5, 5.41) is 12.8. The summed E-state index contributed by atoms with van der Waals surface area (Å²) < 4.78 is 11.4. The van der Waals surface area contributed by atoms with Gasteiger partial charge in [-0.2, -0.15) is 5.26 Å². The summed E-state index contributed by atoms with van der Waals surface area (Å²) in [5.74, 6) is 0.970. The number of amides is 1. The maximum absolute atomic E-state index is 11.4. The highest BCUT2D eigenvalue weighted by molar-refractivity contribution is 5.72. The summed E-state index contributed by atoms with van der Waals surface area (Å²) in [7, 11) is 1.73. The number of aromatic nitrogens is 3. The summed E-state index contributed by atoms with van der Waals surface area (Å²) in [5.41, 5.74) is 3.45. The van der Waals surface area contributed by atoms with Crippen LogP contribution in [0.2, 0.25) is 0 Å². The van der Waals surface area contributed by atoms with Crippen LogP contribution >= 0.6 is 0 Å². The minimum absolute atomic E-state index is 0.0167. The molecule has 1 N–H and O–H groups in total. The molecule has 0 bridgehead atoms. The molecule has 3 heterocycles. The second-order valence-corrected chi connectivity index (χ2v) is 8.06. The van der Waals surface area contributed by atoms with Gasteiger partial charge in [-0.25, -0.2) is 9.97 Å². The first-order valence-corrected chi connectivity index (χ1v) is 11.1. The van der Waals surface area contributed by atoms with Crippen molar-refractivity contribution in [2.45, 2.75) is 32.4 Å². The second-order valence-electron chi connectivity index (χ2n) is 8.06. The molecule has 0 atom stereocenters. The molecule has 1 saturated heterocycles. The normalized spacial score (nSPS) is 13.7. The van der Waals surface area contributed by atoms with Crippen molar-refractivity contribution in [3.8, 4) is 23.1 Å². The van der Waals surface area contributed by atoms with Gasteiger partial charge in [-0.3, -0.25) is 9.78 Å². The molecule has 0 spiro atoms. The highest BCUT2D eigenvalue weighted by atomic mass is 16.5. The molecular formula is C25H26N6O3. The Hall–Kier alpha value is -4.03. The Kier molecular flexibility index (Phi) is 7.30. The number of carbonyl (C=O) groups excluding carboxylic acids is 1. The predicted molar refractivity (Wildman–Crippen MR) is 126 cm³/mol. The minimum Gasteiger partial charge on any atom is -0.489 e. The largest absolute Gasteiger partial charge is 0.489 e. The van der Waals surface area contributed by atoms with Crippen LogP contribution in [0.3, 0.4) is 0 Å². The monoisotopic (exact) mass is 458 g/mol. The van der Waals surface area contributed by atoms with Gasteiger partial charge in [-0.1, -0.05) is 0 Å². The van der Waals surface area contributed by atoms with Crippen LogP contribution in [0.5, 0.6) is 5.75 Å². The molecule has 1 aliphatic rings. The first-order chi connectivity index (χ1) is 16.5. The number of nitriles is 1. The SMILES string of the molecule is CC(=O)N(C)Cc1ccc(Nc2nccc(-c3ccc(OC4CCOCC4)c(C#N)c3)n2)cn1. The fraction of sp³-hybridized carbons (Fsp3) is 0.320. The van der Waals surface area contributed by atoms with Crippen LogP contribution in [0.15, 0.2) is 48.8 Å². The van der Waals surface area contributed by atoms with E-state index in [0.717, 1.165) is 29.8 Å². The molecule has 9 heteroatoms. The van der Waals surface area contributed by atoms with Crippen molar-refractivity contribution in [1.82, 2.24) is 19.9 Å². The molecule has 0 unspecified atom stereocenters. The molecule has 174 valence electrons. The molecular weight excluding hydrogens is 432 g/mol. The Labute approximate surface area is 198 Å². The van der Waals surface area contributed by atoms with Gasteiger partial charge in [0.05, 0.1) is 48.6 Å². The number of carbonyl (C=O) groups is 1. The van der Waals surface area contributed by atoms with E-state index in [0.29, 0.717) is 42.7 Å². The van der Waals surface area contributed by atoms with E-state index in [1.165, 1.54) is 6.92 Å². The lowest BCUT2D eigenvalue weighted by atomic mass is 10.1. The van der Waals surface area contributed by atoms with Gasteiger partial charge in [0.2, 0.25) is 11.9 Å². The lowest BCUT2D eigenvalue weighted by Crippen LogP contribution is -2.26. The van der Waals surface area contributed by atoms with E-state index in [2.05, 4.69) is 26.3 Å². The van der Waals surface area contributed by atoms with Crippen molar-refractivity contribution in [3.63, 3.8) is 0 Å². The molecule has 1 amide bonds. The van der Waals surface area contributed by atoms with E-state index in [1.807, 2.05) is 24.3 Å². The third-order valence-corrected chi connectivity index (χ3v) is 5.53. The topological polar surface area (TPSA) is 113 Å². The number of anilines is 2. The van der Waals surface area contributed by atoms with Gasteiger partial charge in [0, 0.05) is 38.6 Å². The zero-order chi connectivity index (χ0) is 23.9. The molecule has 0 radical (unpaired) electrons. The van der Waals surface area contributed by atoms with E-state index in [9.17, 15) is 10.1 Å². The van der Waals surface area contributed by atoms with Crippen LogP contribution in [0, 0.1) is 11.3 Å². The summed E-state index contributed by atoms with van der Waals surface area (Å²) in [6, 6.07) is 13.2. The van der Waals surface area contributed by atoms with Crippen LogP contribution < -0.4 is 10.1 Å². The van der Waals surface area contributed by atoms with E-state index < -0.39 is 0 Å². The van der Waals surface area contributed by atoms with E-state index in [-0.39, 0.29) is 12.0 Å². The van der Waals surface area contributed by atoms with E-state index in [1.54, 1.807) is 36.5 Å². The molecule has 4 rings (SSSR count). The number of hydrogen-bond donors (Lipinski definition) is 1. The van der Waals surface area contributed by atoms with Crippen molar-refractivity contribution < 1.29 is 14.3 Å². The first kappa shape index (κ1) is 23.1. The van der Waals surface area contributed by atoms with Gasteiger partial charge in [0.25, 0.3) is 0 Å². The number of pyridine rings is 1. The number of ether oxygens (including phenoxy) is 2. The maximum Gasteiger partial charge on any atom is 0.227 e. The fourth-order valence-corrected chi connectivity index (χ4v) is 3.51. The van der Waals surface area contributed by atoms with Crippen LogP contribution in [0.25, 0.3) is 11.3 Å². The zero-order valence-corrected chi connectivity index (χ0v) is 19.2. The van der Waals surface area contributed by atoms with Gasteiger partial charge < -0.3 is 19.7 Å². The molecule has 1 fully saturated rings. The zero-order valence-electron chi connectivity index (χ0n) is 19.2. The van der Waals surface area contributed by atoms with Gasteiger partial charge in [-0.15, -0.1) is 0 Å². The third-order valence-electron chi connectivity index (χ3n) is 5.53. The molecule has 1 aromatic carbocycles. The average Bonchev–Trinajstić information content (AvgIpc) is 2.86. The minimum atomic E-state index is -0.0167. The van der Waals surface area contributed by atoms with Crippen LogP contribution in [0.1, 0.15) is 31.0 Å². The maximum atomic E-state index is 11.4. The Morgan fingerprint density at radius 1 is 1.24 bits per heavy atom. The summed E-state index contributed by atoms with van der Waals surface area (Å²) in [6.45, 7) is 3.31. The number of nitrogens with one attached hydrogen (secondary N) is 1. The van der Waals surface area contributed by atoms with Gasteiger partial charge in [0.1, 0.15) is 17.9 Å². The Morgan fingerprint density at radius 2 is 2.06 bits per heavy atom. The Morgan fingerprint density at radius 3 is 2.76 bits per heavy atom. The molecule has 3 aromatic rings. The molecule has 0 saturated carbocycles. The number of nitrogens with zero attached hydrogens (tertiary/aromatic N) is 5. The average molecular weight is 459 g/mol. The first-order valence-electron chi connectivity index (χ1n) is 11.1. The molecule has 1 aliphatic heterocycles. The van der Waals surface area contributed by atoms with Crippen molar-refractivity contribution in [1.29, 1.82) is 5.26 Å². The Balaban J connectivity index is 1.46. The molecule has 9 nitrogen and oxygen atoms in total. The summed E-state index contributed by atoms with van der Waals surface area (Å²) in [4.78, 5) is 26.2. The van der Waals surface area contributed by atoms with E-state index >= 15 is 0 Å². The number of benzene rings is 1. The smallest absolute Gasteiger partial charge is 0.227 e. The van der Waals surface area contributed by atoms with Crippen LogP contribution in [-0.2, 0) is 16.1 Å². The van der Waals surface area contributed by atoms with Crippen LogP contribution in [-0.4, -0.2) is 52.1 Å². The van der Waals surface area contributed by atoms with Crippen molar-refractivity contribution in [2.75, 3.05) is 25.6 Å². The number of hydrogen-bond acceptors (Lipinski definition) is 8. The van der Waals surface area contributed by atoms with Crippen LogP contribution in [0.4, 0.5) is 11.6 Å². The lowest BCUT2D eigenvalue weighted by Gasteiger charge is -2.23. The molecule has 34 heavy (non-hydrogen) atoms. The lowest BCUT2D eigenvalue weighted by molar-refractivity contribution is -0.128. The number of rotatable bonds is 7. The highest BCUT2D eigenvalue weighted by Crippen LogP contribution is 2.28. The Bertz CT molecular complexity index is 1190. The van der Waals surface area contributed by atoms with Gasteiger partial charge >= 0.3 is 0 Å².